The lowest BCUT2D eigenvalue weighted by Crippen LogP contribution is -2.02. The van der Waals surface area contributed by atoms with E-state index in [0.717, 1.165) is 5.56 Å². The second-order valence-corrected chi connectivity index (χ2v) is 7.17. The number of allylic oxidation sites excluding steroid dienone is 5. The lowest BCUT2D eigenvalue weighted by molar-refractivity contribution is -0.211. The molecule has 3 aromatic carbocycles. The van der Waals surface area contributed by atoms with Gasteiger partial charge in [0.05, 0.1) is 0 Å². The molecule has 0 aliphatic rings. The molecule has 164 valence electrons. The summed E-state index contributed by atoms with van der Waals surface area (Å²) in [4.78, 5) is 8.79. The third kappa shape index (κ3) is 9.90. The highest BCUT2D eigenvalue weighted by molar-refractivity contribution is 5.57. The molecule has 0 aliphatic heterocycles. The summed E-state index contributed by atoms with van der Waals surface area (Å²) in [5.41, 5.74) is 6.07. The van der Waals surface area contributed by atoms with Crippen LogP contribution in [0.1, 0.15) is 34.7 Å². The van der Waals surface area contributed by atoms with Crippen molar-refractivity contribution in [1.82, 2.24) is 0 Å². The summed E-state index contributed by atoms with van der Waals surface area (Å²) in [5, 5.41) is 0. The smallest absolute Gasteiger partial charge is 0.167 e. The van der Waals surface area contributed by atoms with Gasteiger partial charge < -0.3 is 4.89 Å². The van der Waals surface area contributed by atoms with Gasteiger partial charge in [-0.05, 0) is 49.6 Å². The summed E-state index contributed by atoms with van der Waals surface area (Å²) in [5.74, 6) is 5.39. The van der Waals surface area contributed by atoms with Crippen molar-refractivity contribution < 1.29 is 9.88 Å². The molecular formula is C29H31NO2. The molecule has 0 bridgehead atoms. The SMILES string of the molecule is CC=CC=Cc1ccc(C)cc1.Cc1ccc(/C=C/C=C/c2ccc(OON)cc2)cc1. The van der Waals surface area contributed by atoms with Gasteiger partial charge in [0.1, 0.15) is 0 Å². The maximum absolute atomic E-state index is 4.82. The third-order valence-corrected chi connectivity index (χ3v) is 4.46. The topological polar surface area (TPSA) is 44.5 Å². The zero-order valence-corrected chi connectivity index (χ0v) is 18.9. The van der Waals surface area contributed by atoms with Gasteiger partial charge in [0, 0.05) is 0 Å². The molecule has 0 saturated carbocycles. The quantitative estimate of drug-likeness (QED) is 0.242. The van der Waals surface area contributed by atoms with E-state index in [4.69, 9.17) is 10.8 Å². The summed E-state index contributed by atoms with van der Waals surface area (Å²) >= 11 is 0. The van der Waals surface area contributed by atoms with E-state index in [0.29, 0.717) is 5.75 Å². The summed E-state index contributed by atoms with van der Waals surface area (Å²) in [6, 6.07) is 24.3. The standard InChI is InChI=1S/C17H17NO2.C12H14/c1-14-6-8-15(9-7-14)4-2-3-5-16-10-12-17(13-11-16)19-20-18;1-3-4-5-6-12-9-7-11(2)8-10-12/h2-13H,18H2,1H3;3-10H,1-2H3/b4-2+,5-3+;. The predicted octanol–water partition coefficient (Wildman–Crippen LogP) is 7.49. The van der Waals surface area contributed by atoms with Crippen LogP contribution in [-0.4, -0.2) is 0 Å². The van der Waals surface area contributed by atoms with Gasteiger partial charge in [0.2, 0.25) is 0 Å². The Bertz CT molecular complexity index is 1030. The largest absolute Gasteiger partial charge is 0.320 e. The molecule has 2 N–H and O–H groups in total. The van der Waals surface area contributed by atoms with E-state index in [1.165, 1.54) is 22.3 Å². The van der Waals surface area contributed by atoms with E-state index in [1.54, 1.807) is 12.1 Å². The summed E-state index contributed by atoms with van der Waals surface area (Å²) in [6.45, 7) is 6.19. The van der Waals surface area contributed by atoms with Crippen molar-refractivity contribution in [3.05, 3.63) is 131 Å². The highest BCUT2D eigenvalue weighted by atomic mass is 17.3. The Balaban J connectivity index is 0.000000258. The van der Waals surface area contributed by atoms with E-state index in [1.807, 2.05) is 55.5 Å². The van der Waals surface area contributed by atoms with Gasteiger partial charge in [-0.2, -0.15) is 5.90 Å². The van der Waals surface area contributed by atoms with Crippen molar-refractivity contribution in [3.8, 4) is 5.75 Å². The second-order valence-electron chi connectivity index (χ2n) is 7.17. The minimum Gasteiger partial charge on any atom is -0.320 e. The summed E-state index contributed by atoms with van der Waals surface area (Å²) in [6.07, 6.45) is 16.3. The Labute approximate surface area is 191 Å². The first-order valence-electron chi connectivity index (χ1n) is 10.5. The minimum atomic E-state index is 0.569. The van der Waals surface area contributed by atoms with Crippen molar-refractivity contribution in [2.24, 2.45) is 5.90 Å². The normalized spacial score (nSPS) is 11.4. The molecule has 0 unspecified atom stereocenters. The van der Waals surface area contributed by atoms with Crippen molar-refractivity contribution in [2.45, 2.75) is 20.8 Å². The van der Waals surface area contributed by atoms with Crippen molar-refractivity contribution in [1.29, 1.82) is 0 Å². The van der Waals surface area contributed by atoms with Crippen LogP contribution in [0, 0.1) is 13.8 Å². The minimum absolute atomic E-state index is 0.569. The average molecular weight is 426 g/mol. The van der Waals surface area contributed by atoms with Gasteiger partial charge in [-0.3, -0.25) is 0 Å². The van der Waals surface area contributed by atoms with Crippen LogP contribution in [0.5, 0.6) is 5.75 Å². The molecule has 0 aliphatic carbocycles. The molecule has 0 atom stereocenters. The first-order chi connectivity index (χ1) is 15.6. The van der Waals surface area contributed by atoms with E-state index in [-0.39, 0.29) is 0 Å². The molecule has 0 amide bonds. The molecule has 3 heteroatoms. The van der Waals surface area contributed by atoms with Crippen LogP contribution >= 0.6 is 0 Å². The first-order valence-corrected chi connectivity index (χ1v) is 10.5. The highest BCUT2D eigenvalue weighted by Gasteiger charge is 1.92. The maximum Gasteiger partial charge on any atom is 0.167 e. The Morgan fingerprint density at radius 2 is 0.938 bits per heavy atom. The van der Waals surface area contributed by atoms with Gasteiger partial charge >= 0.3 is 0 Å². The highest BCUT2D eigenvalue weighted by Crippen LogP contribution is 2.13. The van der Waals surface area contributed by atoms with Crippen LogP contribution in [0.3, 0.4) is 0 Å². The van der Waals surface area contributed by atoms with Gasteiger partial charge in [0.15, 0.2) is 5.75 Å². The summed E-state index contributed by atoms with van der Waals surface area (Å²) < 4.78 is 0. The van der Waals surface area contributed by atoms with E-state index in [2.05, 4.69) is 79.5 Å². The Kier molecular flexibility index (Phi) is 11.0. The van der Waals surface area contributed by atoms with Crippen LogP contribution in [0.2, 0.25) is 0 Å². The van der Waals surface area contributed by atoms with Crippen molar-refractivity contribution in [2.75, 3.05) is 0 Å². The van der Waals surface area contributed by atoms with Gasteiger partial charge in [-0.15, -0.1) is 0 Å². The molecular weight excluding hydrogens is 394 g/mol. The fourth-order valence-electron chi connectivity index (χ4n) is 2.66. The zero-order chi connectivity index (χ0) is 23.0. The van der Waals surface area contributed by atoms with Gasteiger partial charge in [-0.25, -0.2) is 0 Å². The lowest BCUT2D eigenvalue weighted by Gasteiger charge is -1.99. The summed E-state index contributed by atoms with van der Waals surface area (Å²) in [7, 11) is 0. The number of benzene rings is 3. The molecule has 0 spiro atoms. The predicted molar refractivity (Wildman–Crippen MR) is 137 cm³/mol. The van der Waals surface area contributed by atoms with Gasteiger partial charge in [0.25, 0.3) is 0 Å². The van der Waals surface area contributed by atoms with E-state index >= 15 is 0 Å². The van der Waals surface area contributed by atoms with Crippen molar-refractivity contribution >= 4 is 18.2 Å². The molecule has 3 nitrogen and oxygen atoms in total. The molecule has 32 heavy (non-hydrogen) atoms. The van der Waals surface area contributed by atoms with E-state index < -0.39 is 0 Å². The maximum atomic E-state index is 4.82. The monoisotopic (exact) mass is 425 g/mol. The third-order valence-electron chi connectivity index (χ3n) is 4.46. The Hall–Kier alpha value is -3.66. The van der Waals surface area contributed by atoms with Crippen LogP contribution in [0.4, 0.5) is 0 Å². The second kappa shape index (κ2) is 14.4. The zero-order valence-electron chi connectivity index (χ0n) is 18.9. The molecule has 3 rings (SSSR count). The number of aryl methyl sites for hydroxylation is 2. The average Bonchev–Trinajstić information content (AvgIpc) is 2.81. The Morgan fingerprint density at radius 1 is 0.562 bits per heavy atom. The molecule has 3 aromatic rings. The fourth-order valence-corrected chi connectivity index (χ4v) is 2.66. The number of nitrogens with two attached hydrogens (primary N) is 1. The fraction of sp³-hybridized carbons (Fsp3) is 0.103. The molecule has 0 aromatic heterocycles. The molecule has 0 fully saturated rings. The number of hydrogen-bond acceptors (Lipinski definition) is 3. The molecule has 0 radical (unpaired) electrons. The van der Waals surface area contributed by atoms with Crippen LogP contribution in [-0.2, 0) is 4.99 Å². The number of rotatable bonds is 7. The Morgan fingerprint density at radius 3 is 1.31 bits per heavy atom. The lowest BCUT2D eigenvalue weighted by atomic mass is 10.1. The van der Waals surface area contributed by atoms with Crippen LogP contribution in [0.25, 0.3) is 18.2 Å². The van der Waals surface area contributed by atoms with Gasteiger partial charge in [-0.1, -0.05) is 125 Å². The van der Waals surface area contributed by atoms with Crippen LogP contribution in [0.15, 0.2) is 103 Å². The van der Waals surface area contributed by atoms with Crippen molar-refractivity contribution in [3.63, 3.8) is 0 Å². The first kappa shape index (κ1) is 24.6. The molecule has 0 saturated heterocycles. The number of hydrogen-bond donors (Lipinski definition) is 1. The van der Waals surface area contributed by atoms with Crippen LogP contribution < -0.4 is 10.8 Å². The molecule has 0 heterocycles. The van der Waals surface area contributed by atoms with E-state index in [9.17, 15) is 0 Å².